The van der Waals surface area contributed by atoms with Gasteiger partial charge in [-0.15, -0.1) is 13.2 Å². The molecule has 4 aromatic rings. The summed E-state index contributed by atoms with van der Waals surface area (Å²) in [5, 5.41) is 7.79. The number of para-hydroxylation sites is 2. The van der Waals surface area contributed by atoms with Gasteiger partial charge in [0.05, 0.1) is 0 Å². The van der Waals surface area contributed by atoms with E-state index in [9.17, 15) is 19.2 Å². The second kappa shape index (κ2) is 10.5. The van der Waals surface area contributed by atoms with Gasteiger partial charge in [-0.3, -0.25) is 19.2 Å². The van der Waals surface area contributed by atoms with Crippen molar-refractivity contribution in [2.24, 2.45) is 11.8 Å². The maximum Gasteiger partial charge on any atom is 0.271 e. The topological polar surface area (TPSA) is 130 Å². The SMILES string of the molecule is C=CC(C)(C)c1[nH]c2ccccc2c1C=C1NC(=O)C23C(CCN2C1=O)C1CCN2C(=O)C(=Cc4c(C(C)(C)C=C)[nH]c5ccccc45)NC(=O)C123. The first-order chi connectivity index (χ1) is 24.8. The second-order valence-electron chi connectivity index (χ2n) is 16.0. The van der Waals surface area contributed by atoms with Gasteiger partial charge in [-0.05, 0) is 37.1 Å². The number of H-pyrrole nitrogens is 2. The molecule has 4 amide bonds. The molecule has 4 atom stereocenters. The highest BCUT2D eigenvalue weighted by atomic mass is 16.2. The molecule has 4 aliphatic heterocycles. The summed E-state index contributed by atoms with van der Waals surface area (Å²) in [7, 11) is 0. The number of hydrogen-bond acceptors (Lipinski definition) is 4. The lowest BCUT2D eigenvalue weighted by atomic mass is 9.45. The van der Waals surface area contributed by atoms with Gasteiger partial charge in [0.25, 0.3) is 23.6 Å². The molecule has 6 heterocycles. The summed E-state index contributed by atoms with van der Waals surface area (Å²) in [4.78, 5) is 68.9. The van der Waals surface area contributed by atoms with Gasteiger partial charge in [0.1, 0.15) is 11.4 Å². The van der Waals surface area contributed by atoms with Gasteiger partial charge >= 0.3 is 0 Å². The molecule has 5 aliphatic rings. The number of rotatable bonds is 6. The van der Waals surface area contributed by atoms with E-state index in [2.05, 4.69) is 33.8 Å². The molecule has 0 radical (unpaired) electrons. The fraction of sp³-hybridized carbons (Fsp3) is 0.333. The van der Waals surface area contributed by atoms with E-state index in [0.717, 1.165) is 44.3 Å². The summed E-state index contributed by atoms with van der Waals surface area (Å²) in [5.74, 6) is -2.05. The van der Waals surface area contributed by atoms with Crippen LogP contribution in [0, 0.1) is 11.8 Å². The monoisotopic (exact) mass is 694 g/mol. The smallest absolute Gasteiger partial charge is 0.271 e. The maximum atomic E-state index is 14.7. The molecule has 2 aromatic carbocycles. The van der Waals surface area contributed by atoms with E-state index in [4.69, 9.17) is 0 Å². The lowest BCUT2D eigenvalue weighted by Gasteiger charge is -2.67. The normalized spacial score (nSPS) is 28.5. The van der Waals surface area contributed by atoms with Gasteiger partial charge in [-0.2, -0.15) is 0 Å². The first-order valence-electron chi connectivity index (χ1n) is 18.0. The molecule has 52 heavy (non-hydrogen) atoms. The highest BCUT2D eigenvalue weighted by Crippen LogP contribution is 2.68. The number of amides is 4. The van der Waals surface area contributed by atoms with Crippen LogP contribution in [0.3, 0.4) is 0 Å². The molecule has 5 fully saturated rings. The van der Waals surface area contributed by atoms with Crippen molar-refractivity contribution in [3.8, 4) is 0 Å². The number of carbonyl (C=O) groups is 4. The first kappa shape index (κ1) is 32.3. The minimum atomic E-state index is -1.51. The third-order valence-corrected chi connectivity index (χ3v) is 12.8. The second-order valence-corrected chi connectivity index (χ2v) is 16.0. The zero-order valence-corrected chi connectivity index (χ0v) is 29.9. The van der Waals surface area contributed by atoms with Gasteiger partial charge < -0.3 is 30.4 Å². The Morgan fingerprint density at radius 2 is 1.04 bits per heavy atom. The Labute approximate surface area is 301 Å². The number of carbonyl (C=O) groups excluding carboxylic acids is 4. The van der Waals surface area contributed by atoms with Crippen molar-refractivity contribution in [1.29, 1.82) is 0 Å². The number of piperazine rings is 2. The molecule has 2 spiro atoms. The number of nitrogens with one attached hydrogen (secondary N) is 4. The van der Waals surface area contributed by atoms with Gasteiger partial charge in [-0.25, -0.2) is 0 Å². The third-order valence-electron chi connectivity index (χ3n) is 12.8. The Hall–Kier alpha value is -5.64. The number of benzene rings is 2. The summed E-state index contributed by atoms with van der Waals surface area (Å²) in [5.41, 5.74) is 1.49. The number of aromatic nitrogens is 2. The zero-order chi connectivity index (χ0) is 36.5. The quantitative estimate of drug-likeness (QED) is 0.159. The number of hydrogen-bond donors (Lipinski definition) is 4. The molecular weight excluding hydrogens is 652 g/mol. The molecular formula is C42H42N6O4. The number of nitrogens with zero attached hydrogens (tertiary/aromatic N) is 2. The molecule has 264 valence electrons. The maximum absolute atomic E-state index is 14.7. The van der Waals surface area contributed by atoms with E-state index in [1.165, 1.54) is 0 Å². The molecule has 2 aromatic heterocycles. The van der Waals surface area contributed by atoms with Crippen molar-refractivity contribution >= 4 is 57.6 Å². The summed E-state index contributed by atoms with van der Waals surface area (Å²) >= 11 is 0. The van der Waals surface area contributed by atoms with Crippen molar-refractivity contribution in [3.05, 3.63) is 108 Å². The van der Waals surface area contributed by atoms with Gasteiger partial charge in [0.15, 0.2) is 11.1 Å². The molecule has 10 heteroatoms. The van der Waals surface area contributed by atoms with E-state index in [1.54, 1.807) is 22.0 Å². The van der Waals surface area contributed by atoms with Crippen molar-refractivity contribution in [2.75, 3.05) is 13.1 Å². The van der Waals surface area contributed by atoms with Crippen LogP contribution in [0.25, 0.3) is 34.0 Å². The van der Waals surface area contributed by atoms with E-state index < -0.39 is 33.7 Å². The molecule has 1 saturated carbocycles. The van der Waals surface area contributed by atoms with Crippen LogP contribution in [0.2, 0.25) is 0 Å². The van der Waals surface area contributed by atoms with Crippen molar-refractivity contribution < 1.29 is 19.2 Å². The van der Waals surface area contributed by atoms with E-state index in [-0.39, 0.29) is 35.0 Å². The van der Waals surface area contributed by atoms with Crippen molar-refractivity contribution in [3.63, 3.8) is 0 Å². The molecule has 4 saturated heterocycles. The van der Waals surface area contributed by atoms with Gasteiger partial charge in [0, 0.05) is 80.1 Å². The number of aromatic amines is 2. The largest absolute Gasteiger partial charge is 0.357 e. The lowest BCUT2D eigenvalue weighted by molar-refractivity contribution is -0.203. The Balaban J connectivity index is 1.13. The van der Waals surface area contributed by atoms with Crippen LogP contribution in [-0.2, 0) is 30.0 Å². The van der Waals surface area contributed by atoms with E-state index >= 15 is 0 Å². The van der Waals surface area contributed by atoms with Crippen LogP contribution in [-0.4, -0.2) is 67.6 Å². The lowest BCUT2D eigenvalue weighted by Crippen LogP contribution is -2.92. The average molecular weight is 695 g/mol. The predicted octanol–water partition coefficient (Wildman–Crippen LogP) is 5.41. The van der Waals surface area contributed by atoms with Gasteiger partial charge in [0.2, 0.25) is 0 Å². The number of fused-ring (bicyclic) bond motifs is 3. The van der Waals surface area contributed by atoms with Gasteiger partial charge in [-0.1, -0.05) is 76.2 Å². The highest BCUT2D eigenvalue weighted by Gasteiger charge is 2.88. The van der Waals surface area contributed by atoms with Crippen LogP contribution in [0.15, 0.2) is 85.2 Å². The van der Waals surface area contributed by atoms with Crippen LogP contribution in [0.5, 0.6) is 0 Å². The molecule has 1 aliphatic carbocycles. The van der Waals surface area contributed by atoms with Crippen LogP contribution in [0.1, 0.15) is 63.1 Å². The molecule has 10 nitrogen and oxygen atoms in total. The van der Waals surface area contributed by atoms with Crippen LogP contribution >= 0.6 is 0 Å². The fourth-order valence-corrected chi connectivity index (χ4v) is 10.2. The van der Waals surface area contributed by atoms with Crippen LogP contribution < -0.4 is 10.6 Å². The molecule has 4 N–H and O–H groups in total. The molecule has 0 bridgehead atoms. The first-order valence-corrected chi connectivity index (χ1v) is 18.0. The van der Waals surface area contributed by atoms with E-state index in [1.807, 2.05) is 88.4 Å². The number of allylic oxidation sites excluding steroid dienone is 2. The van der Waals surface area contributed by atoms with Crippen molar-refractivity contribution in [1.82, 2.24) is 30.4 Å². The average Bonchev–Trinajstić information content (AvgIpc) is 3.88. The Morgan fingerprint density at radius 1 is 0.654 bits per heavy atom. The zero-order valence-electron chi connectivity index (χ0n) is 29.9. The van der Waals surface area contributed by atoms with E-state index in [0.29, 0.717) is 25.9 Å². The molecule has 4 unspecified atom stereocenters. The summed E-state index contributed by atoms with van der Waals surface area (Å²) in [6.45, 7) is 16.9. The minimum Gasteiger partial charge on any atom is -0.357 e. The minimum absolute atomic E-state index is 0.145. The summed E-state index contributed by atoms with van der Waals surface area (Å²) in [6, 6.07) is 15.7. The summed E-state index contributed by atoms with van der Waals surface area (Å²) in [6.07, 6.45) is 8.35. The van der Waals surface area contributed by atoms with Crippen LogP contribution in [0.4, 0.5) is 0 Å². The third kappa shape index (κ3) is 3.74. The Kier molecular flexibility index (Phi) is 6.50. The molecule has 9 rings (SSSR count). The summed E-state index contributed by atoms with van der Waals surface area (Å²) < 4.78 is 0. The van der Waals surface area contributed by atoms with Crippen molar-refractivity contribution in [2.45, 2.75) is 62.4 Å². The highest BCUT2D eigenvalue weighted by molar-refractivity contribution is 6.19. The Morgan fingerprint density at radius 3 is 1.42 bits per heavy atom. The predicted molar refractivity (Wildman–Crippen MR) is 200 cm³/mol. The Bertz CT molecular complexity index is 2220. The standard InChI is InChI=1S/C42H42N6O4/c1-7-39(3,4)33-25(23-13-9-11-15-29(23)43-33)21-31-35(49)47-19-17-27-28-18-20-48-36(50)32(46-38(52)42(28,48)41(27,47)37(51)45-31)22-26-24-14-10-12-16-30(24)44-34(26)40(5,6)8-2/h7-16,21-22,27-28,43-44H,1-2,17-20H2,3-6H3,(H,45,51)(H,46,52). The fourth-order valence-electron chi connectivity index (χ4n) is 10.2.